The molecule has 0 unspecified atom stereocenters. The molecule has 0 amide bonds. The van der Waals surface area contributed by atoms with E-state index in [2.05, 4.69) is 58.5 Å². The smallest absolute Gasteiger partial charge is 0.0991 e. The minimum Gasteiger partial charge on any atom is -0.306 e. The summed E-state index contributed by atoms with van der Waals surface area (Å²) in [6.45, 7) is 0. The molecule has 0 aliphatic carbocycles. The van der Waals surface area contributed by atoms with Gasteiger partial charge in [-0.05, 0) is 45.8 Å². The van der Waals surface area contributed by atoms with Crippen molar-refractivity contribution in [1.29, 1.82) is 0 Å². The van der Waals surface area contributed by atoms with Crippen LogP contribution in [0.5, 0.6) is 0 Å². The first-order valence-electron chi connectivity index (χ1n) is 7.82. The second-order valence-corrected chi connectivity index (χ2v) is 5.82. The van der Waals surface area contributed by atoms with Crippen molar-refractivity contribution in [3.05, 3.63) is 86.0 Å². The molecule has 2 aromatic heterocycles. The predicted octanol–water partition coefficient (Wildman–Crippen LogP) is 4.36. The second kappa shape index (κ2) is 5.06. The molecule has 0 saturated heterocycles. The summed E-state index contributed by atoms with van der Waals surface area (Å²) in [7, 11) is 0. The lowest BCUT2D eigenvalue weighted by molar-refractivity contribution is 1.06. The largest absolute Gasteiger partial charge is 0.306 e. The van der Waals surface area contributed by atoms with Gasteiger partial charge in [0.05, 0.1) is 12.7 Å². The number of fused-ring (bicyclic) bond motifs is 3. The highest BCUT2D eigenvalue weighted by Gasteiger charge is 2.05. The Balaban J connectivity index is 1.70. The third-order valence-electron chi connectivity index (χ3n) is 4.41. The normalized spacial score (nSPS) is 11.3. The van der Waals surface area contributed by atoms with E-state index >= 15 is 0 Å². The van der Waals surface area contributed by atoms with Crippen molar-refractivity contribution in [1.82, 2.24) is 19.1 Å². The van der Waals surface area contributed by atoms with Gasteiger partial charge in [0.2, 0.25) is 0 Å². The molecule has 5 rings (SSSR count). The summed E-state index contributed by atoms with van der Waals surface area (Å²) >= 11 is 0. The molecule has 0 atom stereocenters. The Morgan fingerprint density at radius 3 is 1.50 bits per heavy atom. The fourth-order valence-electron chi connectivity index (χ4n) is 3.19. The van der Waals surface area contributed by atoms with Gasteiger partial charge in [-0.25, -0.2) is 9.97 Å². The highest BCUT2D eigenvalue weighted by Crippen LogP contribution is 2.28. The quantitative estimate of drug-likeness (QED) is 0.454. The van der Waals surface area contributed by atoms with E-state index in [1.807, 2.05) is 34.2 Å². The summed E-state index contributed by atoms with van der Waals surface area (Å²) in [5, 5.41) is 4.97. The molecule has 114 valence electrons. The van der Waals surface area contributed by atoms with Crippen LogP contribution in [0.1, 0.15) is 0 Å². The molecular weight excluding hydrogens is 296 g/mol. The fraction of sp³-hybridized carbons (Fsp3) is 0. The van der Waals surface area contributed by atoms with Crippen LogP contribution < -0.4 is 0 Å². The van der Waals surface area contributed by atoms with Gasteiger partial charge in [0.25, 0.3) is 0 Å². The summed E-state index contributed by atoms with van der Waals surface area (Å²) in [5.41, 5.74) is 2.24. The lowest BCUT2D eigenvalue weighted by Gasteiger charge is -2.09. The van der Waals surface area contributed by atoms with Crippen molar-refractivity contribution >= 4 is 21.5 Å². The van der Waals surface area contributed by atoms with Crippen molar-refractivity contribution in [3.8, 4) is 11.4 Å². The minimum atomic E-state index is 1.12. The molecule has 4 heteroatoms. The molecule has 4 nitrogen and oxygen atoms in total. The zero-order valence-corrected chi connectivity index (χ0v) is 12.9. The van der Waals surface area contributed by atoms with Gasteiger partial charge in [-0.2, -0.15) is 0 Å². The molecule has 5 aromatic rings. The number of hydrogen-bond acceptors (Lipinski definition) is 2. The van der Waals surface area contributed by atoms with Crippen molar-refractivity contribution in [3.63, 3.8) is 0 Å². The van der Waals surface area contributed by atoms with Crippen LogP contribution in [0.15, 0.2) is 86.0 Å². The maximum Gasteiger partial charge on any atom is 0.0991 e. The van der Waals surface area contributed by atoms with E-state index in [-0.39, 0.29) is 0 Å². The molecule has 0 aliphatic rings. The third kappa shape index (κ3) is 2.01. The van der Waals surface area contributed by atoms with E-state index in [1.165, 1.54) is 21.5 Å². The van der Waals surface area contributed by atoms with E-state index in [9.17, 15) is 0 Å². The standard InChI is InChI=1S/C20H14N4/c1-2-16-12-18(24-10-8-22-14-24)4-6-20(16)19-5-3-17(11-15(1)19)23-9-7-21-13-23/h1-14H. The molecule has 0 fully saturated rings. The Hall–Kier alpha value is -3.40. The molecule has 3 aromatic carbocycles. The number of nitrogens with zero attached hydrogens (tertiary/aromatic N) is 4. The highest BCUT2D eigenvalue weighted by atomic mass is 15.0. The van der Waals surface area contributed by atoms with Gasteiger partial charge in [0.15, 0.2) is 0 Å². The van der Waals surface area contributed by atoms with Crippen LogP contribution in [0.4, 0.5) is 0 Å². The van der Waals surface area contributed by atoms with E-state index in [0.717, 1.165) is 11.4 Å². The van der Waals surface area contributed by atoms with Crippen molar-refractivity contribution in [2.24, 2.45) is 0 Å². The zero-order chi connectivity index (χ0) is 15.9. The molecule has 0 bridgehead atoms. The fourth-order valence-corrected chi connectivity index (χ4v) is 3.19. The molecule has 0 saturated carbocycles. The second-order valence-electron chi connectivity index (χ2n) is 5.82. The van der Waals surface area contributed by atoms with Gasteiger partial charge in [-0.15, -0.1) is 0 Å². The van der Waals surface area contributed by atoms with E-state index in [4.69, 9.17) is 0 Å². The van der Waals surface area contributed by atoms with E-state index in [1.54, 1.807) is 12.4 Å². The number of imidazole rings is 2. The number of benzene rings is 3. The number of rotatable bonds is 2. The van der Waals surface area contributed by atoms with Crippen molar-refractivity contribution < 1.29 is 0 Å². The summed E-state index contributed by atoms with van der Waals surface area (Å²) in [4.78, 5) is 8.24. The molecule has 24 heavy (non-hydrogen) atoms. The van der Waals surface area contributed by atoms with Crippen LogP contribution in [-0.4, -0.2) is 19.1 Å². The van der Waals surface area contributed by atoms with Crippen LogP contribution in [-0.2, 0) is 0 Å². The van der Waals surface area contributed by atoms with Crippen molar-refractivity contribution in [2.45, 2.75) is 0 Å². The van der Waals surface area contributed by atoms with Crippen LogP contribution in [0.2, 0.25) is 0 Å². The maximum atomic E-state index is 4.12. The Morgan fingerprint density at radius 2 is 1.08 bits per heavy atom. The molecule has 0 radical (unpaired) electrons. The average Bonchev–Trinajstić information content (AvgIpc) is 3.34. The summed E-state index contributed by atoms with van der Waals surface area (Å²) in [5.74, 6) is 0. The highest BCUT2D eigenvalue weighted by molar-refractivity contribution is 6.08. The SMILES string of the molecule is c1cn(-c2ccc3c(ccc4cc(-n5ccnc5)ccc43)c2)cn1. The summed E-state index contributed by atoms with van der Waals surface area (Å²) in [6, 6.07) is 17.4. The van der Waals surface area contributed by atoms with E-state index < -0.39 is 0 Å². The topological polar surface area (TPSA) is 35.6 Å². The van der Waals surface area contributed by atoms with Gasteiger partial charge in [0.1, 0.15) is 0 Å². The van der Waals surface area contributed by atoms with Gasteiger partial charge < -0.3 is 9.13 Å². The first-order valence-corrected chi connectivity index (χ1v) is 7.82. The van der Waals surface area contributed by atoms with Gasteiger partial charge in [0, 0.05) is 36.2 Å². The summed E-state index contributed by atoms with van der Waals surface area (Å²) in [6.07, 6.45) is 11.1. The monoisotopic (exact) mass is 310 g/mol. The maximum absolute atomic E-state index is 4.12. The van der Waals surface area contributed by atoms with Crippen LogP contribution in [0.3, 0.4) is 0 Å². The molecule has 0 N–H and O–H groups in total. The van der Waals surface area contributed by atoms with Crippen molar-refractivity contribution in [2.75, 3.05) is 0 Å². The first kappa shape index (κ1) is 13.1. The Kier molecular flexibility index (Phi) is 2.76. The van der Waals surface area contributed by atoms with Gasteiger partial charge >= 0.3 is 0 Å². The Morgan fingerprint density at radius 1 is 0.583 bits per heavy atom. The zero-order valence-electron chi connectivity index (χ0n) is 12.9. The molecule has 2 heterocycles. The van der Waals surface area contributed by atoms with Gasteiger partial charge in [-0.3, -0.25) is 0 Å². The summed E-state index contributed by atoms with van der Waals surface area (Å²) < 4.78 is 4.04. The third-order valence-corrected chi connectivity index (χ3v) is 4.41. The molecule has 0 spiro atoms. The Labute approximate surface area is 138 Å². The van der Waals surface area contributed by atoms with Crippen LogP contribution >= 0.6 is 0 Å². The average molecular weight is 310 g/mol. The number of aromatic nitrogens is 4. The number of hydrogen-bond donors (Lipinski definition) is 0. The predicted molar refractivity (Wildman–Crippen MR) is 95.7 cm³/mol. The Bertz CT molecular complexity index is 1050. The van der Waals surface area contributed by atoms with Gasteiger partial charge in [-0.1, -0.05) is 24.3 Å². The van der Waals surface area contributed by atoms with Crippen LogP contribution in [0, 0.1) is 0 Å². The van der Waals surface area contributed by atoms with E-state index in [0.29, 0.717) is 0 Å². The molecular formula is C20H14N4. The lowest BCUT2D eigenvalue weighted by atomic mass is 10.0. The first-order chi connectivity index (χ1) is 11.9. The molecule has 0 aliphatic heterocycles. The van der Waals surface area contributed by atoms with Crippen LogP contribution in [0.25, 0.3) is 32.9 Å². The minimum absolute atomic E-state index is 1.12. The lowest BCUT2D eigenvalue weighted by Crippen LogP contribution is -1.91.